The predicted molar refractivity (Wildman–Crippen MR) is 82.8 cm³/mol. The zero-order chi connectivity index (χ0) is 14.7. The standard InChI is InChI=1S/C18H17NO2/c19-18(20)21-17(14-8-2-1-3-9-14)16-12-6-10-13-7-4-5-11-15(13)16/h1-4,6-10,12,17H,5,11H2,(H2,19,20). The van der Waals surface area contributed by atoms with Gasteiger partial charge in [-0.1, -0.05) is 60.7 Å². The van der Waals surface area contributed by atoms with E-state index in [1.807, 2.05) is 42.5 Å². The maximum absolute atomic E-state index is 11.3. The number of nitrogens with two attached hydrogens (primary N) is 1. The van der Waals surface area contributed by atoms with E-state index >= 15 is 0 Å². The molecule has 1 aliphatic carbocycles. The number of benzene rings is 2. The van der Waals surface area contributed by atoms with Crippen LogP contribution < -0.4 is 5.73 Å². The summed E-state index contributed by atoms with van der Waals surface area (Å²) in [5.41, 5.74) is 9.63. The van der Waals surface area contributed by atoms with Gasteiger partial charge in [0.05, 0.1) is 0 Å². The van der Waals surface area contributed by atoms with Gasteiger partial charge in [0.15, 0.2) is 6.10 Å². The molecule has 0 saturated carbocycles. The van der Waals surface area contributed by atoms with Crippen LogP contribution in [0.2, 0.25) is 0 Å². The van der Waals surface area contributed by atoms with Crippen LogP contribution in [0.15, 0.2) is 54.6 Å². The van der Waals surface area contributed by atoms with Crippen molar-refractivity contribution in [2.75, 3.05) is 0 Å². The van der Waals surface area contributed by atoms with Crippen molar-refractivity contribution >= 4 is 12.2 Å². The molecule has 1 aliphatic rings. The molecule has 1 amide bonds. The number of rotatable bonds is 3. The number of carbonyl (C=O) groups excluding carboxylic acids is 1. The summed E-state index contributed by atoms with van der Waals surface area (Å²) < 4.78 is 5.40. The summed E-state index contributed by atoms with van der Waals surface area (Å²) in [6.45, 7) is 0. The lowest BCUT2D eigenvalue weighted by molar-refractivity contribution is 0.126. The van der Waals surface area contributed by atoms with Crippen molar-refractivity contribution in [1.82, 2.24) is 0 Å². The van der Waals surface area contributed by atoms with E-state index in [1.54, 1.807) is 0 Å². The molecule has 1 atom stereocenters. The molecule has 0 aliphatic heterocycles. The van der Waals surface area contributed by atoms with Crippen molar-refractivity contribution in [1.29, 1.82) is 0 Å². The van der Waals surface area contributed by atoms with Crippen molar-refractivity contribution in [2.24, 2.45) is 5.73 Å². The first kappa shape index (κ1) is 13.4. The van der Waals surface area contributed by atoms with E-state index in [2.05, 4.69) is 18.2 Å². The van der Waals surface area contributed by atoms with Gasteiger partial charge < -0.3 is 10.5 Å². The third-order valence-electron chi connectivity index (χ3n) is 3.73. The highest BCUT2D eigenvalue weighted by Gasteiger charge is 2.22. The third-order valence-corrected chi connectivity index (χ3v) is 3.73. The largest absolute Gasteiger partial charge is 0.437 e. The summed E-state index contributed by atoms with van der Waals surface area (Å²) in [5, 5.41) is 0. The van der Waals surface area contributed by atoms with E-state index in [0.29, 0.717) is 0 Å². The molecule has 106 valence electrons. The van der Waals surface area contributed by atoms with E-state index in [4.69, 9.17) is 10.5 Å². The summed E-state index contributed by atoms with van der Waals surface area (Å²) in [4.78, 5) is 11.3. The summed E-state index contributed by atoms with van der Waals surface area (Å²) in [7, 11) is 0. The second kappa shape index (κ2) is 5.83. The highest BCUT2D eigenvalue weighted by molar-refractivity contribution is 5.66. The molecule has 1 unspecified atom stereocenters. The van der Waals surface area contributed by atoms with Gasteiger partial charge >= 0.3 is 6.09 Å². The second-order valence-electron chi connectivity index (χ2n) is 5.08. The lowest BCUT2D eigenvalue weighted by Crippen LogP contribution is -2.19. The molecule has 0 saturated heterocycles. The number of hydrogen-bond acceptors (Lipinski definition) is 2. The van der Waals surface area contributed by atoms with Gasteiger partial charge in [-0.15, -0.1) is 0 Å². The van der Waals surface area contributed by atoms with Crippen LogP contribution in [-0.4, -0.2) is 6.09 Å². The minimum atomic E-state index is -0.757. The Balaban J connectivity index is 2.09. The van der Waals surface area contributed by atoms with E-state index in [0.717, 1.165) is 24.0 Å². The fourth-order valence-corrected chi connectivity index (χ4v) is 2.81. The number of fused-ring (bicyclic) bond motifs is 1. The van der Waals surface area contributed by atoms with Crippen LogP contribution in [0.3, 0.4) is 0 Å². The number of amides is 1. The molecule has 3 nitrogen and oxygen atoms in total. The quantitative estimate of drug-likeness (QED) is 0.928. The number of primary amides is 1. The van der Waals surface area contributed by atoms with Crippen LogP contribution in [0.1, 0.15) is 34.8 Å². The predicted octanol–water partition coefficient (Wildman–Crippen LogP) is 3.83. The Morgan fingerprint density at radius 3 is 2.67 bits per heavy atom. The van der Waals surface area contributed by atoms with Crippen molar-refractivity contribution < 1.29 is 9.53 Å². The second-order valence-corrected chi connectivity index (χ2v) is 5.08. The minimum Gasteiger partial charge on any atom is -0.437 e. The average Bonchev–Trinajstić information content (AvgIpc) is 2.53. The van der Waals surface area contributed by atoms with Crippen LogP contribution in [-0.2, 0) is 11.2 Å². The zero-order valence-corrected chi connectivity index (χ0v) is 11.7. The Hall–Kier alpha value is -2.55. The zero-order valence-electron chi connectivity index (χ0n) is 11.7. The summed E-state index contributed by atoms with van der Waals surface area (Å²) in [6.07, 6.45) is 5.03. The van der Waals surface area contributed by atoms with Gasteiger partial charge in [0, 0.05) is 5.56 Å². The van der Waals surface area contributed by atoms with Gasteiger partial charge in [0.1, 0.15) is 0 Å². The fourth-order valence-electron chi connectivity index (χ4n) is 2.81. The first-order chi connectivity index (χ1) is 10.3. The van der Waals surface area contributed by atoms with Crippen LogP contribution in [0.4, 0.5) is 4.79 Å². The molecule has 0 spiro atoms. The maximum Gasteiger partial charge on any atom is 0.405 e. The highest BCUT2D eigenvalue weighted by atomic mass is 16.6. The van der Waals surface area contributed by atoms with E-state index in [9.17, 15) is 4.79 Å². The van der Waals surface area contributed by atoms with E-state index in [1.165, 1.54) is 11.1 Å². The molecule has 3 heteroatoms. The molecule has 2 N–H and O–H groups in total. The summed E-state index contributed by atoms with van der Waals surface area (Å²) >= 11 is 0. The van der Waals surface area contributed by atoms with Crippen LogP contribution in [0.25, 0.3) is 6.08 Å². The number of allylic oxidation sites excluding steroid dienone is 1. The molecule has 3 rings (SSSR count). The number of carbonyl (C=O) groups is 1. The fraction of sp³-hybridized carbons (Fsp3) is 0.167. The topological polar surface area (TPSA) is 52.3 Å². The molecule has 2 aromatic carbocycles. The number of ether oxygens (including phenoxy) is 1. The molecule has 0 bridgehead atoms. The number of hydrogen-bond donors (Lipinski definition) is 1. The van der Waals surface area contributed by atoms with Crippen LogP contribution in [0.5, 0.6) is 0 Å². The Morgan fingerprint density at radius 2 is 1.90 bits per heavy atom. The van der Waals surface area contributed by atoms with E-state index < -0.39 is 12.2 Å². The van der Waals surface area contributed by atoms with Gasteiger partial charge in [0.25, 0.3) is 0 Å². The van der Waals surface area contributed by atoms with Crippen molar-refractivity contribution in [3.63, 3.8) is 0 Å². The SMILES string of the molecule is NC(=O)OC(c1ccccc1)c1cccc2c1CCC=C2. The molecule has 0 fully saturated rings. The lowest BCUT2D eigenvalue weighted by atomic mass is 9.88. The van der Waals surface area contributed by atoms with Gasteiger partial charge in [-0.2, -0.15) is 0 Å². The summed E-state index contributed by atoms with van der Waals surface area (Å²) in [5.74, 6) is 0. The van der Waals surface area contributed by atoms with Crippen LogP contribution in [0, 0.1) is 0 Å². The van der Waals surface area contributed by atoms with Crippen molar-refractivity contribution in [3.8, 4) is 0 Å². The van der Waals surface area contributed by atoms with Crippen molar-refractivity contribution in [3.05, 3.63) is 76.9 Å². The normalized spacial score (nSPS) is 14.3. The average molecular weight is 279 g/mol. The molecule has 21 heavy (non-hydrogen) atoms. The molecule has 0 radical (unpaired) electrons. The Bertz CT molecular complexity index is 677. The first-order valence-corrected chi connectivity index (χ1v) is 7.05. The maximum atomic E-state index is 11.3. The lowest BCUT2D eigenvalue weighted by Gasteiger charge is -2.23. The molecule has 2 aromatic rings. The molecular formula is C18H17NO2. The third kappa shape index (κ3) is 2.82. The smallest absolute Gasteiger partial charge is 0.405 e. The Kier molecular flexibility index (Phi) is 3.73. The first-order valence-electron chi connectivity index (χ1n) is 7.05. The van der Waals surface area contributed by atoms with Gasteiger partial charge in [0.2, 0.25) is 0 Å². The minimum absolute atomic E-state index is 0.454. The van der Waals surface area contributed by atoms with Gasteiger partial charge in [-0.3, -0.25) is 0 Å². The van der Waals surface area contributed by atoms with Gasteiger partial charge in [-0.05, 0) is 29.5 Å². The molecular weight excluding hydrogens is 262 g/mol. The Labute approximate surface area is 124 Å². The summed E-state index contributed by atoms with van der Waals surface area (Å²) in [6, 6.07) is 15.8. The van der Waals surface area contributed by atoms with Crippen molar-refractivity contribution in [2.45, 2.75) is 18.9 Å². The van der Waals surface area contributed by atoms with Gasteiger partial charge in [-0.25, -0.2) is 4.79 Å². The Morgan fingerprint density at radius 1 is 1.10 bits per heavy atom. The van der Waals surface area contributed by atoms with E-state index in [-0.39, 0.29) is 0 Å². The molecule has 0 aromatic heterocycles. The van der Waals surface area contributed by atoms with Crippen LogP contribution >= 0.6 is 0 Å². The molecule has 0 heterocycles. The monoisotopic (exact) mass is 279 g/mol. The highest BCUT2D eigenvalue weighted by Crippen LogP contribution is 2.33.